The van der Waals surface area contributed by atoms with Crippen molar-refractivity contribution in [2.45, 2.75) is 5.85 Å². The minimum absolute atomic E-state index is 0. The summed E-state index contributed by atoms with van der Waals surface area (Å²) in [4.78, 5) is 34.5. The maximum atomic E-state index is 12.2. The minimum atomic E-state index is -4.74. The van der Waals surface area contributed by atoms with Crippen molar-refractivity contribution in [2.24, 2.45) is 0 Å². The van der Waals surface area contributed by atoms with Gasteiger partial charge in [-0.2, -0.15) is 0 Å². The molecule has 13 heteroatoms. The molecule has 0 saturated heterocycles. The molecule has 2 rings (SSSR count). The first kappa shape index (κ1) is 25.5. The Morgan fingerprint density at radius 3 is 2.52 bits per heavy atom. The Hall–Kier alpha value is -1.56. The Labute approximate surface area is 187 Å². The van der Waals surface area contributed by atoms with Gasteiger partial charge in [0.1, 0.15) is 5.75 Å². The third kappa shape index (κ3) is 7.02. The first-order chi connectivity index (χ1) is 13.1. The van der Waals surface area contributed by atoms with E-state index in [1.165, 1.54) is 30.3 Å². The van der Waals surface area contributed by atoms with E-state index in [-0.39, 0.29) is 40.9 Å². The zero-order valence-electron chi connectivity index (χ0n) is 15.2. The molecule has 0 saturated carbocycles. The van der Waals surface area contributed by atoms with Gasteiger partial charge in [-0.1, -0.05) is 35.3 Å². The number of hydrogen-bond acceptors (Lipinski definition) is 8. The van der Waals surface area contributed by atoms with Crippen LogP contribution in [0, 0.1) is 10.1 Å². The standard InChI is InChI=1S/C16H14Cl2NO8P.Li/c1-25-28(23,24)16(10-3-2-4-12(7-10)19(21)22)27-15(20)9-26-14-6-5-11(17)8-13(14)18;/h2-8,16H,9H2,1H3,(H,23,24);/q;+1/p-1. The molecule has 0 aliphatic rings. The molecular formula is C16H13Cl2LiNO8P. The fourth-order valence-corrected chi connectivity index (χ4v) is 3.52. The van der Waals surface area contributed by atoms with Crippen LogP contribution in [-0.2, 0) is 18.6 Å². The van der Waals surface area contributed by atoms with E-state index >= 15 is 0 Å². The van der Waals surface area contributed by atoms with Gasteiger partial charge in [0.2, 0.25) is 0 Å². The van der Waals surface area contributed by atoms with Gasteiger partial charge in [-0.05, 0) is 18.2 Å². The Morgan fingerprint density at radius 2 is 1.93 bits per heavy atom. The average Bonchev–Trinajstić information content (AvgIpc) is 2.65. The molecule has 2 unspecified atom stereocenters. The summed E-state index contributed by atoms with van der Waals surface area (Å²) in [6.45, 7) is -0.670. The number of carbonyl (C=O) groups excluding carboxylic acids is 1. The number of hydrogen-bond donors (Lipinski definition) is 0. The molecule has 0 aromatic heterocycles. The topological polar surface area (TPSA) is 128 Å². The molecule has 0 N–H and O–H groups in total. The summed E-state index contributed by atoms with van der Waals surface area (Å²) in [5.74, 6) is -2.82. The molecule has 2 atom stereocenters. The molecule has 2 aromatic rings. The maximum absolute atomic E-state index is 12.2. The monoisotopic (exact) mass is 455 g/mol. The molecule has 29 heavy (non-hydrogen) atoms. The number of nitro groups is 1. The van der Waals surface area contributed by atoms with Crippen molar-refractivity contribution in [1.29, 1.82) is 0 Å². The van der Waals surface area contributed by atoms with Crippen molar-refractivity contribution < 1.29 is 52.0 Å². The largest absolute Gasteiger partial charge is 1.00 e. The van der Waals surface area contributed by atoms with Crippen molar-refractivity contribution >= 4 is 42.5 Å². The van der Waals surface area contributed by atoms with Gasteiger partial charge in [0.25, 0.3) is 5.69 Å². The first-order valence-electron chi connectivity index (χ1n) is 7.52. The van der Waals surface area contributed by atoms with Gasteiger partial charge in [-0.3, -0.25) is 10.1 Å². The number of nitro benzene ring substituents is 1. The first-order valence-corrected chi connectivity index (χ1v) is 9.89. The summed E-state index contributed by atoms with van der Waals surface area (Å²) in [5.41, 5.74) is -0.522. The molecule has 0 heterocycles. The number of halogens is 2. The van der Waals surface area contributed by atoms with Crippen LogP contribution in [0.3, 0.4) is 0 Å². The van der Waals surface area contributed by atoms with Crippen molar-refractivity contribution in [2.75, 3.05) is 13.7 Å². The number of ether oxygens (including phenoxy) is 2. The van der Waals surface area contributed by atoms with Crippen LogP contribution in [0.2, 0.25) is 10.0 Å². The molecule has 0 aliphatic heterocycles. The van der Waals surface area contributed by atoms with E-state index in [4.69, 9.17) is 32.7 Å². The van der Waals surface area contributed by atoms with E-state index in [0.717, 1.165) is 19.2 Å². The van der Waals surface area contributed by atoms with E-state index in [1.807, 2.05) is 0 Å². The summed E-state index contributed by atoms with van der Waals surface area (Å²) in [7, 11) is -3.85. The van der Waals surface area contributed by atoms with Gasteiger partial charge in [0.05, 0.1) is 9.95 Å². The number of esters is 1. The fraction of sp³-hybridized carbons (Fsp3) is 0.188. The second kappa shape index (κ2) is 11.0. The van der Waals surface area contributed by atoms with Crippen molar-refractivity contribution in [1.82, 2.24) is 0 Å². The van der Waals surface area contributed by atoms with Gasteiger partial charge >= 0.3 is 24.8 Å². The normalized spacial score (nSPS) is 13.5. The predicted octanol–water partition coefficient (Wildman–Crippen LogP) is 0.726. The van der Waals surface area contributed by atoms with Crippen LogP contribution in [0.15, 0.2) is 42.5 Å². The Bertz CT molecular complexity index is 945. The Morgan fingerprint density at radius 1 is 1.24 bits per heavy atom. The zero-order valence-corrected chi connectivity index (χ0v) is 17.6. The predicted molar refractivity (Wildman–Crippen MR) is 98.5 cm³/mol. The van der Waals surface area contributed by atoms with Gasteiger partial charge in [0.15, 0.2) is 20.0 Å². The molecule has 0 spiro atoms. The van der Waals surface area contributed by atoms with Gasteiger partial charge in [0, 0.05) is 29.8 Å². The second-order valence-corrected chi connectivity index (χ2v) is 8.04. The van der Waals surface area contributed by atoms with Crippen molar-refractivity contribution in [3.05, 3.63) is 68.2 Å². The fourth-order valence-electron chi connectivity index (χ4n) is 2.09. The molecule has 0 bridgehead atoms. The molecule has 0 fully saturated rings. The molecule has 0 radical (unpaired) electrons. The van der Waals surface area contributed by atoms with Crippen LogP contribution in [0.4, 0.5) is 5.69 Å². The maximum Gasteiger partial charge on any atom is 1.00 e. The van der Waals surface area contributed by atoms with Crippen LogP contribution in [-0.4, -0.2) is 24.6 Å². The van der Waals surface area contributed by atoms with Crippen LogP contribution >= 0.6 is 30.8 Å². The zero-order chi connectivity index (χ0) is 20.9. The summed E-state index contributed by atoms with van der Waals surface area (Å²) in [6, 6.07) is 8.95. The average molecular weight is 456 g/mol. The van der Waals surface area contributed by atoms with Crippen LogP contribution in [0.1, 0.15) is 11.4 Å². The molecular weight excluding hydrogens is 443 g/mol. The SMILES string of the molecule is COP(=O)([O-])C(OC(=O)COc1ccc(Cl)cc1Cl)c1cccc([N+](=O)[O-])c1.[Li+]. The summed E-state index contributed by atoms with van der Waals surface area (Å²) in [5, 5.41) is 11.4. The third-order valence-electron chi connectivity index (χ3n) is 3.39. The number of benzene rings is 2. The van der Waals surface area contributed by atoms with E-state index < -0.39 is 30.9 Å². The molecule has 150 valence electrons. The van der Waals surface area contributed by atoms with Gasteiger partial charge < -0.3 is 23.5 Å². The number of carbonyl (C=O) groups is 1. The quantitative estimate of drug-likeness (QED) is 0.187. The Balaban J connectivity index is 0.00000420. The second-order valence-electron chi connectivity index (χ2n) is 5.28. The van der Waals surface area contributed by atoms with Gasteiger partial charge in [-0.15, -0.1) is 0 Å². The Kier molecular flexibility index (Phi) is 9.66. The molecule has 0 aliphatic carbocycles. The number of rotatable bonds is 8. The smallest absolute Gasteiger partial charge is 0.776 e. The molecule has 2 aromatic carbocycles. The van der Waals surface area contributed by atoms with E-state index in [2.05, 4.69) is 4.52 Å². The third-order valence-corrected chi connectivity index (χ3v) is 5.41. The van der Waals surface area contributed by atoms with Crippen LogP contribution < -0.4 is 28.5 Å². The summed E-state index contributed by atoms with van der Waals surface area (Å²) >= 11 is 11.7. The summed E-state index contributed by atoms with van der Waals surface area (Å²) in [6.07, 6.45) is 0. The van der Waals surface area contributed by atoms with E-state index in [0.29, 0.717) is 5.02 Å². The van der Waals surface area contributed by atoms with Crippen molar-refractivity contribution in [3.63, 3.8) is 0 Å². The minimum Gasteiger partial charge on any atom is -0.776 e. The number of non-ortho nitro benzene ring substituents is 1. The van der Waals surface area contributed by atoms with E-state index in [1.54, 1.807) is 0 Å². The molecule has 9 nitrogen and oxygen atoms in total. The molecule has 0 amide bonds. The van der Waals surface area contributed by atoms with E-state index in [9.17, 15) is 24.4 Å². The van der Waals surface area contributed by atoms with Crippen LogP contribution in [0.25, 0.3) is 0 Å². The number of nitrogens with zero attached hydrogens (tertiary/aromatic N) is 1. The van der Waals surface area contributed by atoms with Crippen molar-refractivity contribution in [3.8, 4) is 5.75 Å². The van der Waals surface area contributed by atoms with Crippen LogP contribution in [0.5, 0.6) is 5.75 Å². The van der Waals surface area contributed by atoms with Gasteiger partial charge in [-0.25, -0.2) is 4.79 Å². The summed E-state index contributed by atoms with van der Waals surface area (Å²) < 4.78 is 26.7.